The molecular formula is C13H25NO2. The number of hydrogen-bond donors (Lipinski definition) is 0. The zero-order chi connectivity index (χ0) is 12.1. The first-order valence-corrected chi connectivity index (χ1v) is 6.24. The van der Waals surface area contributed by atoms with Crippen LogP contribution in [0.25, 0.3) is 0 Å². The normalized spacial score (nSPS) is 45.8. The quantitative estimate of drug-likeness (QED) is 0.633. The summed E-state index contributed by atoms with van der Waals surface area (Å²) in [7, 11) is 2.12. The van der Waals surface area contributed by atoms with Crippen LogP contribution in [0.1, 0.15) is 41.0 Å². The SMILES string of the molecule is CC1OC(C(C)(C)C)CC2(C)OCN(C)C12. The molecule has 0 aromatic heterocycles. The summed E-state index contributed by atoms with van der Waals surface area (Å²) in [5, 5.41) is 0. The summed E-state index contributed by atoms with van der Waals surface area (Å²) in [6.45, 7) is 11.9. The first kappa shape index (κ1) is 12.3. The highest BCUT2D eigenvalue weighted by Gasteiger charge is 2.53. The zero-order valence-electron chi connectivity index (χ0n) is 11.4. The van der Waals surface area contributed by atoms with Crippen molar-refractivity contribution in [3.63, 3.8) is 0 Å². The van der Waals surface area contributed by atoms with Crippen LogP contribution >= 0.6 is 0 Å². The van der Waals surface area contributed by atoms with Crippen LogP contribution in [-0.4, -0.2) is 42.5 Å². The molecule has 2 aliphatic heterocycles. The molecule has 3 nitrogen and oxygen atoms in total. The van der Waals surface area contributed by atoms with Gasteiger partial charge in [-0.15, -0.1) is 0 Å². The number of ether oxygens (including phenoxy) is 2. The second kappa shape index (κ2) is 3.69. The first-order valence-electron chi connectivity index (χ1n) is 6.24. The Balaban J connectivity index is 2.20. The van der Waals surface area contributed by atoms with E-state index in [0.29, 0.717) is 6.04 Å². The van der Waals surface area contributed by atoms with Crippen LogP contribution in [0.4, 0.5) is 0 Å². The topological polar surface area (TPSA) is 21.7 Å². The number of hydrogen-bond acceptors (Lipinski definition) is 3. The average molecular weight is 227 g/mol. The van der Waals surface area contributed by atoms with E-state index in [2.05, 4.69) is 46.6 Å². The lowest BCUT2D eigenvalue weighted by Gasteiger charge is -2.48. The van der Waals surface area contributed by atoms with E-state index >= 15 is 0 Å². The van der Waals surface area contributed by atoms with E-state index < -0.39 is 0 Å². The van der Waals surface area contributed by atoms with Gasteiger partial charge >= 0.3 is 0 Å². The van der Waals surface area contributed by atoms with Gasteiger partial charge in [-0.05, 0) is 26.3 Å². The molecule has 4 unspecified atom stereocenters. The maximum Gasteiger partial charge on any atom is 0.1000 e. The Bertz CT molecular complexity index is 274. The Hall–Kier alpha value is -0.120. The monoisotopic (exact) mass is 227 g/mol. The van der Waals surface area contributed by atoms with E-state index in [-0.39, 0.29) is 23.2 Å². The molecule has 0 aliphatic carbocycles. The van der Waals surface area contributed by atoms with Gasteiger partial charge in [0.05, 0.1) is 30.6 Å². The van der Waals surface area contributed by atoms with Crippen molar-refractivity contribution < 1.29 is 9.47 Å². The van der Waals surface area contributed by atoms with Crippen LogP contribution in [0.3, 0.4) is 0 Å². The van der Waals surface area contributed by atoms with Gasteiger partial charge in [-0.25, -0.2) is 0 Å². The molecule has 0 spiro atoms. The summed E-state index contributed by atoms with van der Waals surface area (Å²) in [4.78, 5) is 2.27. The van der Waals surface area contributed by atoms with Crippen LogP contribution in [0, 0.1) is 5.41 Å². The van der Waals surface area contributed by atoms with Gasteiger partial charge in [0.2, 0.25) is 0 Å². The van der Waals surface area contributed by atoms with Crippen molar-refractivity contribution in [2.45, 2.75) is 64.9 Å². The van der Waals surface area contributed by atoms with Crippen molar-refractivity contribution in [2.75, 3.05) is 13.8 Å². The van der Waals surface area contributed by atoms with Crippen molar-refractivity contribution in [1.82, 2.24) is 4.90 Å². The third kappa shape index (κ3) is 1.89. The molecule has 0 radical (unpaired) electrons. The molecule has 0 amide bonds. The Morgan fingerprint density at radius 2 is 1.94 bits per heavy atom. The molecule has 94 valence electrons. The minimum Gasteiger partial charge on any atom is -0.373 e. The molecule has 0 bridgehead atoms. The van der Waals surface area contributed by atoms with Crippen LogP contribution in [0.2, 0.25) is 0 Å². The van der Waals surface area contributed by atoms with Crippen LogP contribution in [0.5, 0.6) is 0 Å². The molecular weight excluding hydrogens is 202 g/mol. The van der Waals surface area contributed by atoms with E-state index in [1.54, 1.807) is 0 Å². The smallest absolute Gasteiger partial charge is 0.1000 e. The minimum atomic E-state index is -0.0373. The maximum atomic E-state index is 6.18. The Labute approximate surface area is 99.1 Å². The molecule has 0 aromatic carbocycles. The van der Waals surface area contributed by atoms with Gasteiger partial charge in [0.25, 0.3) is 0 Å². The molecule has 2 saturated heterocycles. The molecule has 2 heterocycles. The van der Waals surface area contributed by atoms with Crippen molar-refractivity contribution in [1.29, 1.82) is 0 Å². The lowest BCUT2D eigenvalue weighted by Crippen LogP contribution is -2.58. The predicted octanol–water partition coefficient (Wildman–Crippen LogP) is 2.26. The van der Waals surface area contributed by atoms with Gasteiger partial charge < -0.3 is 9.47 Å². The highest BCUT2D eigenvalue weighted by molar-refractivity contribution is 5.04. The molecule has 4 atom stereocenters. The lowest BCUT2D eigenvalue weighted by atomic mass is 9.76. The number of likely N-dealkylation sites (N-methyl/N-ethyl adjacent to an activating group) is 1. The van der Waals surface area contributed by atoms with Gasteiger partial charge in [0.15, 0.2) is 0 Å². The summed E-state index contributed by atoms with van der Waals surface area (Å²) in [6, 6.07) is 0.395. The van der Waals surface area contributed by atoms with Crippen molar-refractivity contribution in [3.05, 3.63) is 0 Å². The third-order valence-corrected chi connectivity index (χ3v) is 4.08. The largest absolute Gasteiger partial charge is 0.373 e. The molecule has 16 heavy (non-hydrogen) atoms. The first-order chi connectivity index (χ1) is 7.24. The van der Waals surface area contributed by atoms with Gasteiger partial charge in [-0.3, -0.25) is 4.90 Å². The van der Waals surface area contributed by atoms with Gasteiger partial charge in [0, 0.05) is 6.42 Å². The fourth-order valence-corrected chi connectivity index (χ4v) is 3.18. The van der Waals surface area contributed by atoms with E-state index in [9.17, 15) is 0 Å². The fraction of sp³-hybridized carbons (Fsp3) is 1.00. The zero-order valence-corrected chi connectivity index (χ0v) is 11.4. The van der Waals surface area contributed by atoms with Gasteiger partial charge in [0.1, 0.15) is 0 Å². The highest BCUT2D eigenvalue weighted by atomic mass is 16.6. The second-order valence-corrected chi connectivity index (χ2v) is 6.69. The van der Waals surface area contributed by atoms with E-state index in [0.717, 1.165) is 13.2 Å². The summed E-state index contributed by atoms with van der Waals surface area (Å²) in [5.74, 6) is 0. The number of fused-ring (bicyclic) bond motifs is 1. The predicted molar refractivity (Wildman–Crippen MR) is 64.3 cm³/mol. The van der Waals surface area contributed by atoms with Crippen LogP contribution < -0.4 is 0 Å². The van der Waals surface area contributed by atoms with E-state index in [4.69, 9.17) is 9.47 Å². The number of nitrogens with zero attached hydrogens (tertiary/aromatic N) is 1. The van der Waals surface area contributed by atoms with Crippen molar-refractivity contribution in [2.24, 2.45) is 5.41 Å². The van der Waals surface area contributed by atoms with E-state index in [1.165, 1.54) is 0 Å². The summed E-state index contributed by atoms with van der Waals surface area (Å²) >= 11 is 0. The van der Waals surface area contributed by atoms with Crippen molar-refractivity contribution >= 4 is 0 Å². The Kier molecular flexibility index (Phi) is 2.84. The molecule has 2 fully saturated rings. The third-order valence-electron chi connectivity index (χ3n) is 4.08. The van der Waals surface area contributed by atoms with E-state index in [1.807, 2.05) is 0 Å². The molecule has 2 aliphatic rings. The van der Waals surface area contributed by atoms with Crippen LogP contribution in [-0.2, 0) is 9.47 Å². The minimum absolute atomic E-state index is 0.0373. The summed E-state index contributed by atoms with van der Waals surface area (Å²) in [5.41, 5.74) is 0.150. The summed E-state index contributed by atoms with van der Waals surface area (Å²) < 4.78 is 12.2. The maximum absolute atomic E-state index is 6.18. The standard InChI is InChI=1S/C13H25NO2/c1-9-11-13(5,15-8-14(11)6)7-10(16-9)12(2,3)4/h9-11H,7-8H2,1-6H3. The molecule has 3 heteroatoms. The highest BCUT2D eigenvalue weighted by Crippen LogP contribution is 2.43. The van der Waals surface area contributed by atoms with Crippen LogP contribution in [0.15, 0.2) is 0 Å². The van der Waals surface area contributed by atoms with Crippen molar-refractivity contribution in [3.8, 4) is 0 Å². The summed E-state index contributed by atoms with van der Waals surface area (Å²) in [6.07, 6.45) is 1.53. The molecule has 0 aromatic rings. The Morgan fingerprint density at radius 3 is 2.50 bits per heavy atom. The second-order valence-electron chi connectivity index (χ2n) is 6.69. The Morgan fingerprint density at radius 1 is 1.31 bits per heavy atom. The fourth-order valence-electron chi connectivity index (χ4n) is 3.18. The molecule has 0 N–H and O–H groups in total. The number of rotatable bonds is 0. The van der Waals surface area contributed by atoms with Gasteiger partial charge in [-0.1, -0.05) is 20.8 Å². The average Bonchev–Trinajstić information content (AvgIpc) is 2.41. The molecule has 2 rings (SSSR count). The molecule has 0 saturated carbocycles. The van der Waals surface area contributed by atoms with Gasteiger partial charge in [-0.2, -0.15) is 0 Å². The lowest BCUT2D eigenvalue weighted by molar-refractivity contribution is -0.170.